The molecule has 25 heavy (non-hydrogen) atoms. The smallest absolute Gasteiger partial charge is 0.280 e. The fraction of sp³-hybridized carbons (Fsp3) is 0.200. The Morgan fingerprint density at radius 3 is 2.36 bits per heavy atom. The van der Waals surface area contributed by atoms with Crippen LogP contribution in [0.5, 0.6) is 11.5 Å². The summed E-state index contributed by atoms with van der Waals surface area (Å²) in [6.07, 6.45) is 1.79. The third-order valence-electron chi connectivity index (χ3n) is 4.08. The summed E-state index contributed by atoms with van der Waals surface area (Å²) in [5.41, 5.74) is 3.84. The van der Waals surface area contributed by atoms with Crippen LogP contribution in [0.2, 0.25) is 0 Å². The van der Waals surface area contributed by atoms with Crippen LogP contribution in [-0.2, 0) is 4.79 Å². The minimum atomic E-state index is -0.161. The number of hydrogen-bond acceptors (Lipinski definition) is 4. The van der Waals surface area contributed by atoms with E-state index in [0.29, 0.717) is 22.8 Å². The summed E-state index contributed by atoms with van der Waals surface area (Å²) in [6, 6.07) is 13.2. The van der Waals surface area contributed by atoms with E-state index >= 15 is 0 Å². The topological polar surface area (TPSA) is 51.1 Å². The van der Waals surface area contributed by atoms with Gasteiger partial charge in [0, 0.05) is 5.56 Å². The summed E-state index contributed by atoms with van der Waals surface area (Å²) in [7, 11) is 3.20. The average molecular weight is 336 g/mol. The number of anilines is 1. The second-order valence-electron chi connectivity index (χ2n) is 5.80. The van der Waals surface area contributed by atoms with E-state index in [1.165, 1.54) is 5.01 Å². The van der Waals surface area contributed by atoms with Gasteiger partial charge in [0.25, 0.3) is 5.91 Å². The number of nitrogens with zero attached hydrogens (tertiary/aromatic N) is 2. The lowest BCUT2D eigenvalue weighted by Gasteiger charge is -2.12. The molecule has 2 aromatic rings. The molecule has 1 heterocycles. The molecule has 5 heteroatoms. The molecule has 0 aromatic heterocycles. The maximum Gasteiger partial charge on any atom is 0.280 e. The van der Waals surface area contributed by atoms with E-state index in [0.717, 1.165) is 16.8 Å². The molecule has 0 fully saturated rings. The van der Waals surface area contributed by atoms with Crippen LogP contribution >= 0.6 is 0 Å². The number of hydrogen-bond donors (Lipinski definition) is 0. The van der Waals surface area contributed by atoms with Gasteiger partial charge in [-0.2, -0.15) is 10.1 Å². The van der Waals surface area contributed by atoms with Gasteiger partial charge in [0.05, 0.1) is 31.2 Å². The Morgan fingerprint density at radius 2 is 1.72 bits per heavy atom. The van der Waals surface area contributed by atoms with Crippen molar-refractivity contribution in [2.24, 2.45) is 5.10 Å². The molecule has 3 rings (SSSR count). The Labute approximate surface area is 147 Å². The van der Waals surface area contributed by atoms with Crippen molar-refractivity contribution in [3.05, 3.63) is 59.2 Å². The Kier molecular flexibility index (Phi) is 4.57. The lowest BCUT2D eigenvalue weighted by molar-refractivity contribution is -0.114. The van der Waals surface area contributed by atoms with E-state index in [-0.39, 0.29) is 5.91 Å². The van der Waals surface area contributed by atoms with Crippen LogP contribution in [0.25, 0.3) is 6.08 Å². The van der Waals surface area contributed by atoms with Gasteiger partial charge in [-0.05, 0) is 50.3 Å². The average Bonchev–Trinajstić information content (AvgIpc) is 2.90. The predicted octanol–water partition coefficient (Wildman–Crippen LogP) is 3.82. The maximum atomic E-state index is 12.8. The van der Waals surface area contributed by atoms with Crippen molar-refractivity contribution >= 4 is 23.4 Å². The first-order valence-corrected chi connectivity index (χ1v) is 7.94. The predicted molar refractivity (Wildman–Crippen MR) is 99.3 cm³/mol. The van der Waals surface area contributed by atoms with Gasteiger partial charge in [-0.25, -0.2) is 0 Å². The fourth-order valence-corrected chi connectivity index (χ4v) is 2.65. The van der Waals surface area contributed by atoms with Crippen LogP contribution in [0.1, 0.15) is 18.1 Å². The number of rotatable bonds is 4. The zero-order chi connectivity index (χ0) is 18.0. The van der Waals surface area contributed by atoms with Gasteiger partial charge in [-0.1, -0.05) is 17.7 Å². The summed E-state index contributed by atoms with van der Waals surface area (Å²) in [5.74, 6) is 1.21. The number of ether oxygens (including phenoxy) is 2. The van der Waals surface area contributed by atoms with Gasteiger partial charge in [-0.3, -0.25) is 4.79 Å². The SMILES string of the molecule is COc1ccc(OC)c(C=C2C(=O)N(c3ccc(C)cc3)N=C2C)c1. The molecule has 0 N–H and O–H groups in total. The first-order chi connectivity index (χ1) is 12.0. The standard InChI is InChI=1S/C20H20N2O3/c1-13-5-7-16(8-6-13)22-20(23)18(14(2)21-22)12-15-11-17(24-3)9-10-19(15)25-4/h5-12H,1-4H3. The van der Waals surface area contributed by atoms with Gasteiger partial charge < -0.3 is 9.47 Å². The molecule has 1 aliphatic rings. The van der Waals surface area contributed by atoms with Gasteiger partial charge in [0.2, 0.25) is 0 Å². The molecule has 0 spiro atoms. The van der Waals surface area contributed by atoms with Gasteiger partial charge in [0.15, 0.2) is 0 Å². The van der Waals surface area contributed by atoms with Gasteiger partial charge in [0.1, 0.15) is 11.5 Å². The van der Waals surface area contributed by atoms with E-state index in [1.807, 2.05) is 56.3 Å². The van der Waals surface area contributed by atoms with Crippen LogP contribution < -0.4 is 14.5 Å². The minimum Gasteiger partial charge on any atom is -0.497 e. The van der Waals surface area contributed by atoms with E-state index in [9.17, 15) is 4.79 Å². The molecule has 1 aliphatic heterocycles. The molecule has 0 bridgehead atoms. The van der Waals surface area contributed by atoms with E-state index in [2.05, 4.69) is 5.10 Å². The molecule has 5 nitrogen and oxygen atoms in total. The highest BCUT2D eigenvalue weighted by molar-refractivity contribution is 6.32. The van der Waals surface area contributed by atoms with Crippen LogP contribution in [-0.4, -0.2) is 25.8 Å². The first kappa shape index (κ1) is 16.8. The van der Waals surface area contributed by atoms with Gasteiger partial charge >= 0.3 is 0 Å². The highest BCUT2D eigenvalue weighted by Crippen LogP contribution is 2.30. The van der Waals surface area contributed by atoms with Crippen molar-refractivity contribution < 1.29 is 14.3 Å². The van der Waals surface area contributed by atoms with Crippen LogP contribution in [0.4, 0.5) is 5.69 Å². The van der Waals surface area contributed by atoms with E-state index in [1.54, 1.807) is 20.3 Å². The maximum absolute atomic E-state index is 12.8. The van der Waals surface area contributed by atoms with Crippen molar-refractivity contribution in [2.45, 2.75) is 13.8 Å². The van der Waals surface area contributed by atoms with Crippen molar-refractivity contribution in [2.75, 3.05) is 19.2 Å². The molecular formula is C20H20N2O3. The first-order valence-electron chi connectivity index (χ1n) is 7.94. The molecule has 0 radical (unpaired) electrons. The molecule has 0 unspecified atom stereocenters. The third-order valence-corrected chi connectivity index (χ3v) is 4.08. The molecule has 0 aliphatic carbocycles. The summed E-state index contributed by atoms with van der Waals surface area (Å²) >= 11 is 0. The van der Waals surface area contributed by atoms with Crippen molar-refractivity contribution in [1.29, 1.82) is 0 Å². The molecule has 1 amide bonds. The Bertz CT molecular complexity index is 867. The number of carbonyl (C=O) groups excluding carboxylic acids is 1. The summed E-state index contributed by atoms with van der Waals surface area (Å²) < 4.78 is 10.6. The van der Waals surface area contributed by atoms with Crippen LogP contribution in [0, 0.1) is 6.92 Å². The number of hydrazone groups is 1. The molecular weight excluding hydrogens is 316 g/mol. The zero-order valence-corrected chi connectivity index (χ0v) is 14.7. The molecule has 0 saturated heterocycles. The highest BCUT2D eigenvalue weighted by atomic mass is 16.5. The van der Waals surface area contributed by atoms with E-state index < -0.39 is 0 Å². The molecule has 2 aromatic carbocycles. The van der Waals surface area contributed by atoms with Crippen molar-refractivity contribution in [3.63, 3.8) is 0 Å². The summed E-state index contributed by atoms with van der Waals surface area (Å²) in [4.78, 5) is 12.8. The van der Waals surface area contributed by atoms with Gasteiger partial charge in [-0.15, -0.1) is 0 Å². The number of carbonyl (C=O) groups is 1. The molecule has 0 atom stereocenters. The zero-order valence-electron chi connectivity index (χ0n) is 14.7. The van der Waals surface area contributed by atoms with Crippen molar-refractivity contribution in [1.82, 2.24) is 0 Å². The molecule has 0 saturated carbocycles. The third kappa shape index (κ3) is 3.26. The number of amides is 1. The Balaban J connectivity index is 1.99. The van der Waals surface area contributed by atoms with E-state index in [4.69, 9.17) is 9.47 Å². The quantitative estimate of drug-likeness (QED) is 0.798. The summed E-state index contributed by atoms with van der Waals surface area (Å²) in [6.45, 7) is 3.83. The van der Waals surface area contributed by atoms with Crippen molar-refractivity contribution in [3.8, 4) is 11.5 Å². The largest absolute Gasteiger partial charge is 0.497 e. The monoisotopic (exact) mass is 336 g/mol. The second-order valence-corrected chi connectivity index (χ2v) is 5.80. The lowest BCUT2D eigenvalue weighted by Crippen LogP contribution is -2.21. The normalized spacial score (nSPS) is 15.5. The second kappa shape index (κ2) is 6.81. The summed E-state index contributed by atoms with van der Waals surface area (Å²) in [5, 5.41) is 5.83. The Morgan fingerprint density at radius 1 is 1.00 bits per heavy atom. The van der Waals surface area contributed by atoms with Crippen LogP contribution in [0.15, 0.2) is 53.1 Å². The highest BCUT2D eigenvalue weighted by Gasteiger charge is 2.29. The number of aryl methyl sites for hydroxylation is 1. The lowest BCUT2D eigenvalue weighted by atomic mass is 10.1. The number of benzene rings is 2. The van der Waals surface area contributed by atoms with Crippen LogP contribution in [0.3, 0.4) is 0 Å². The minimum absolute atomic E-state index is 0.161. The fourth-order valence-electron chi connectivity index (χ4n) is 2.65. The molecule has 128 valence electrons. The number of methoxy groups -OCH3 is 2. The Hall–Kier alpha value is -3.08.